The van der Waals surface area contributed by atoms with Crippen molar-refractivity contribution in [2.45, 2.75) is 19.0 Å². The van der Waals surface area contributed by atoms with Crippen molar-refractivity contribution in [3.05, 3.63) is 42.5 Å². The summed E-state index contributed by atoms with van der Waals surface area (Å²) in [4.78, 5) is 3.96. The van der Waals surface area contributed by atoms with Crippen molar-refractivity contribution in [3.63, 3.8) is 0 Å². The lowest BCUT2D eigenvalue weighted by Gasteiger charge is -2.21. The van der Waals surface area contributed by atoms with Gasteiger partial charge in [0.1, 0.15) is 18.4 Å². The Bertz CT molecular complexity index is 467. The predicted octanol–water partition coefficient (Wildman–Crippen LogP) is 1.22. The van der Waals surface area contributed by atoms with E-state index in [1.165, 1.54) is 6.33 Å². The van der Waals surface area contributed by atoms with Gasteiger partial charge < -0.3 is 10.5 Å². The van der Waals surface area contributed by atoms with Gasteiger partial charge in [-0.1, -0.05) is 12.1 Å². The SMILES string of the molecule is COc1cccc(C(C(C)N)n2cncn2)c1. The second-order valence-corrected chi connectivity index (χ2v) is 3.96. The van der Waals surface area contributed by atoms with Crippen LogP contribution in [-0.4, -0.2) is 27.9 Å². The van der Waals surface area contributed by atoms with Gasteiger partial charge in [0.05, 0.1) is 13.2 Å². The summed E-state index contributed by atoms with van der Waals surface area (Å²) in [5.74, 6) is 0.813. The molecule has 0 spiro atoms. The van der Waals surface area contributed by atoms with Crippen LogP contribution in [0.3, 0.4) is 0 Å². The number of methoxy groups -OCH3 is 1. The fourth-order valence-corrected chi connectivity index (χ4v) is 1.88. The van der Waals surface area contributed by atoms with Crippen molar-refractivity contribution in [1.29, 1.82) is 0 Å². The van der Waals surface area contributed by atoms with Crippen molar-refractivity contribution in [1.82, 2.24) is 14.8 Å². The van der Waals surface area contributed by atoms with Crippen LogP contribution in [0.4, 0.5) is 0 Å². The molecule has 0 saturated heterocycles. The van der Waals surface area contributed by atoms with Gasteiger partial charge in [-0.15, -0.1) is 0 Å². The zero-order valence-electron chi connectivity index (χ0n) is 9.95. The van der Waals surface area contributed by atoms with E-state index < -0.39 is 0 Å². The maximum Gasteiger partial charge on any atom is 0.137 e. The molecule has 2 unspecified atom stereocenters. The molecule has 0 saturated carbocycles. The van der Waals surface area contributed by atoms with Crippen LogP contribution in [0, 0.1) is 0 Å². The van der Waals surface area contributed by atoms with Gasteiger partial charge in [-0.05, 0) is 24.6 Å². The Morgan fingerprint density at radius 3 is 2.82 bits per heavy atom. The zero-order chi connectivity index (χ0) is 12.3. The van der Waals surface area contributed by atoms with E-state index in [0.717, 1.165) is 11.3 Å². The number of nitrogens with zero attached hydrogens (tertiary/aromatic N) is 3. The number of hydrogen-bond donors (Lipinski definition) is 1. The lowest BCUT2D eigenvalue weighted by molar-refractivity contribution is 0.409. The van der Waals surface area contributed by atoms with E-state index in [2.05, 4.69) is 10.1 Å². The van der Waals surface area contributed by atoms with Gasteiger partial charge >= 0.3 is 0 Å². The second-order valence-electron chi connectivity index (χ2n) is 3.96. The lowest BCUT2D eigenvalue weighted by atomic mass is 10.0. The standard InChI is InChI=1S/C12H16N4O/c1-9(13)12(16-8-14-7-15-16)10-4-3-5-11(6-10)17-2/h3-9,12H,13H2,1-2H3. The fraction of sp³-hybridized carbons (Fsp3) is 0.333. The van der Waals surface area contributed by atoms with Crippen LogP contribution >= 0.6 is 0 Å². The molecule has 2 atom stereocenters. The second kappa shape index (κ2) is 4.97. The van der Waals surface area contributed by atoms with Crippen LogP contribution in [0.25, 0.3) is 0 Å². The van der Waals surface area contributed by atoms with E-state index in [-0.39, 0.29) is 12.1 Å². The van der Waals surface area contributed by atoms with Crippen LogP contribution in [-0.2, 0) is 0 Å². The molecular formula is C12H16N4O. The average molecular weight is 232 g/mol. The summed E-state index contributed by atoms with van der Waals surface area (Å²) >= 11 is 0. The summed E-state index contributed by atoms with van der Waals surface area (Å²) in [6.07, 6.45) is 3.18. The first-order chi connectivity index (χ1) is 8.22. The highest BCUT2D eigenvalue weighted by atomic mass is 16.5. The van der Waals surface area contributed by atoms with Crippen LogP contribution in [0.15, 0.2) is 36.9 Å². The van der Waals surface area contributed by atoms with E-state index in [0.29, 0.717) is 0 Å². The smallest absolute Gasteiger partial charge is 0.137 e. The third-order valence-electron chi connectivity index (χ3n) is 2.65. The Morgan fingerprint density at radius 2 is 2.24 bits per heavy atom. The van der Waals surface area contributed by atoms with Gasteiger partial charge in [-0.3, -0.25) is 0 Å². The van der Waals surface area contributed by atoms with Gasteiger partial charge in [0.15, 0.2) is 0 Å². The van der Waals surface area contributed by atoms with Gasteiger partial charge in [-0.25, -0.2) is 9.67 Å². The molecule has 1 aromatic carbocycles. The molecule has 0 aliphatic rings. The van der Waals surface area contributed by atoms with Gasteiger partial charge in [-0.2, -0.15) is 5.10 Å². The molecule has 2 rings (SSSR count). The molecule has 1 heterocycles. The van der Waals surface area contributed by atoms with E-state index >= 15 is 0 Å². The maximum absolute atomic E-state index is 6.02. The van der Waals surface area contributed by atoms with E-state index in [4.69, 9.17) is 10.5 Å². The van der Waals surface area contributed by atoms with Crippen molar-refractivity contribution in [2.24, 2.45) is 5.73 Å². The maximum atomic E-state index is 6.02. The Balaban J connectivity index is 2.39. The number of hydrogen-bond acceptors (Lipinski definition) is 4. The highest BCUT2D eigenvalue weighted by Crippen LogP contribution is 2.23. The summed E-state index contributed by atoms with van der Waals surface area (Å²) < 4.78 is 6.98. The third kappa shape index (κ3) is 2.45. The molecule has 90 valence electrons. The van der Waals surface area contributed by atoms with Crippen molar-refractivity contribution < 1.29 is 4.74 Å². The number of benzene rings is 1. The van der Waals surface area contributed by atoms with Crippen molar-refractivity contribution in [3.8, 4) is 5.75 Å². The molecule has 0 bridgehead atoms. The lowest BCUT2D eigenvalue weighted by Crippen LogP contribution is -2.30. The number of nitrogens with two attached hydrogens (primary N) is 1. The van der Waals surface area contributed by atoms with Crippen molar-refractivity contribution in [2.75, 3.05) is 7.11 Å². The highest BCUT2D eigenvalue weighted by molar-refractivity contribution is 5.31. The number of rotatable bonds is 4. The average Bonchev–Trinajstić information content (AvgIpc) is 2.83. The Morgan fingerprint density at radius 1 is 1.41 bits per heavy atom. The van der Waals surface area contributed by atoms with Crippen LogP contribution in [0.5, 0.6) is 5.75 Å². The fourth-order valence-electron chi connectivity index (χ4n) is 1.88. The van der Waals surface area contributed by atoms with Crippen LogP contribution < -0.4 is 10.5 Å². The summed E-state index contributed by atoms with van der Waals surface area (Å²) in [5, 5.41) is 4.15. The monoisotopic (exact) mass is 232 g/mol. The molecule has 2 aromatic rings. The number of ether oxygens (including phenoxy) is 1. The molecule has 0 fully saturated rings. The van der Waals surface area contributed by atoms with E-state index in [9.17, 15) is 0 Å². The highest BCUT2D eigenvalue weighted by Gasteiger charge is 2.19. The number of aromatic nitrogens is 3. The molecule has 2 N–H and O–H groups in total. The first-order valence-electron chi connectivity index (χ1n) is 5.46. The van der Waals surface area contributed by atoms with Gasteiger partial charge in [0.2, 0.25) is 0 Å². The quantitative estimate of drug-likeness (QED) is 0.860. The summed E-state index contributed by atoms with van der Waals surface area (Å²) in [6, 6.07) is 7.73. The molecule has 0 radical (unpaired) electrons. The molecule has 0 amide bonds. The molecule has 5 nitrogen and oxygen atoms in total. The Labute approximate surface area is 100 Å². The molecule has 0 aliphatic heterocycles. The first-order valence-corrected chi connectivity index (χ1v) is 5.46. The third-order valence-corrected chi connectivity index (χ3v) is 2.65. The topological polar surface area (TPSA) is 66.0 Å². The van der Waals surface area contributed by atoms with Crippen LogP contribution in [0.2, 0.25) is 0 Å². The van der Waals surface area contributed by atoms with Crippen molar-refractivity contribution >= 4 is 0 Å². The van der Waals surface area contributed by atoms with E-state index in [1.807, 2.05) is 31.2 Å². The largest absolute Gasteiger partial charge is 0.497 e. The summed E-state index contributed by atoms with van der Waals surface area (Å²) in [6.45, 7) is 1.95. The van der Waals surface area contributed by atoms with Gasteiger partial charge in [0.25, 0.3) is 0 Å². The predicted molar refractivity (Wildman–Crippen MR) is 64.8 cm³/mol. The van der Waals surface area contributed by atoms with E-state index in [1.54, 1.807) is 18.1 Å². The zero-order valence-corrected chi connectivity index (χ0v) is 9.95. The molecule has 5 heteroatoms. The minimum Gasteiger partial charge on any atom is -0.497 e. The molecular weight excluding hydrogens is 216 g/mol. The Hall–Kier alpha value is -1.88. The molecule has 0 aliphatic carbocycles. The minimum absolute atomic E-state index is 0.0346. The molecule has 1 aromatic heterocycles. The summed E-state index contributed by atoms with van der Waals surface area (Å²) in [7, 11) is 1.65. The normalized spacial score (nSPS) is 14.3. The van der Waals surface area contributed by atoms with Gasteiger partial charge in [0, 0.05) is 6.04 Å². The first kappa shape index (κ1) is 11.6. The van der Waals surface area contributed by atoms with Crippen LogP contribution in [0.1, 0.15) is 18.5 Å². The Kier molecular flexibility index (Phi) is 3.39. The summed E-state index contributed by atoms with van der Waals surface area (Å²) in [5.41, 5.74) is 7.08. The minimum atomic E-state index is -0.0659. The molecule has 17 heavy (non-hydrogen) atoms.